The van der Waals surface area contributed by atoms with Crippen molar-refractivity contribution >= 4 is 5.82 Å². The number of hydrogen-bond acceptors (Lipinski definition) is 5. The van der Waals surface area contributed by atoms with Gasteiger partial charge in [0.1, 0.15) is 11.6 Å². The van der Waals surface area contributed by atoms with Crippen LogP contribution in [0.2, 0.25) is 0 Å². The number of nitrogens with zero attached hydrogens (tertiary/aromatic N) is 3. The van der Waals surface area contributed by atoms with E-state index in [1.54, 1.807) is 0 Å². The predicted octanol–water partition coefficient (Wildman–Crippen LogP) is 0.545. The van der Waals surface area contributed by atoms with Crippen LogP contribution >= 0.6 is 0 Å². The maximum absolute atomic E-state index is 9.13. The summed E-state index contributed by atoms with van der Waals surface area (Å²) in [4.78, 5) is 11.0. The minimum atomic E-state index is -0.107. The van der Waals surface area contributed by atoms with Crippen molar-refractivity contribution in [2.24, 2.45) is 0 Å². The van der Waals surface area contributed by atoms with Gasteiger partial charge in [-0.2, -0.15) is 0 Å². The predicted molar refractivity (Wildman–Crippen MR) is 65.2 cm³/mol. The lowest BCUT2D eigenvalue weighted by atomic mass is 10.2. The summed E-state index contributed by atoms with van der Waals surface area (Å²) in [6, 6.07) is 2.02. The molecule has 1 fully saturated rings. The van der Waals surface area contributed by atoms with Crippen molar-refractivity contribution in [1.29, 1.82) is 0 Å². The van der Waals surface area contributed by atoms with Gasteiger partial charge in [0.25, 0.3) is 0 Å². The Morgan fingerprint density at radius 3 is 3.06 bits per heavy atom. The molecule has 17 heavy (non-hydrogen) atoms. The van der Waals surface area contributed by atoms with Gasteiger partial charge in [-0.25, -0.2) is 9.97 Å². The van der Waals surface area contributed by atoms with E-state index in [2.05, 4.69) is 21.8 Å². The number of ether oxygens (including phenoxy) is 1. The lowest BCUT2D eigenvalue weighted by Gasteiger charge is -2.33. The molecule has 0 radical (unpaired) electrons. The van der Waals surface area contributed by atoms with Gasteiger partial charge in [0.2, 0.25) is 0 Å². The zero-order chi connectivity index (χ0) is 12.3. The van der Waals surface area contributed by atoms with Crippen LogP contribution in [-0.4, -0.2) is 47.5 Å². The Bertz CT molecular complexity index is 384. The summed E-state index contributed by atoms with van der Waals surface area (Å²) < 4.78 is 5.43. The Morgan fingerprint density at radius 1 is 1.53 bits per heavy atom. The van der Waals surface area contributed by atoms with E-state index in [4.69, 9.17) is 9.84 Å². The first-order valence-corrected chi connectivity index (χ1v) is 6.05. The highest BCUT2D eigenvalue weighted by atomic mass is 16.5. The molecule has 1 aromatic rings. The number of aliphatic hydroxyl groups excluding tert-OH is 1. The van der Waals surface area contributed by atoms with Gasteiger partial charge < -0.3 is 14.7 Å². The van der Waals surface area contributed by atoms with E-state index in [-0.39, 0.29) is 12.7 Å². The molecule has 0 bridgehead atoms. The van der Waals surface area contributed by atoms with Crippen LogP contribution in [0.5, 0.6) is 0 Å². The minimum Gasteiger partial charge on any atom is -0.394 e. The molecule has 5 nitrogen and oxygen atoms in total. The fourth-order valence-electron chi connectivity index (χ4n) is 1.99. The lowest BCUT2D eigenvalue weighted by Crippen LogP contribution is -2.44. The molecular formula is C12H19N3O2. The smallest absolute Gasteiger partial charge is 0.132 e. The van der Waals surface area contributed by atoms with E-state index in [0.29, 0.717) is 13.2 Å². The van der Waals surface area contributed by atoms with E-state index in [0.717, 1.165) is 30.3 Å². The van der Waals surface area contributed by atoms with Crippen molar-refractivity contribution in [3.05, 3.63) is 17.6 Å². The average Bonchev–Trinajstić information content (AvgIpc) is 2.38. The van der Waals surface area contributed by atoms with Gasteiger partial charge in [-0.05, 0) is 13.3 Å². The zero-order valence-electron chi connectivity index (χ0n) is 10.4. The molecule has 5 heteroatoms. The molecule has 0 amide bonds. The van der Waals surface area contributed by atoms with Gasteiger partial charge in [-0.15, -0.1) is 0 Å². The molecule has 1 N–H and O–H groups in total. The van der Waals surface area contributed by atoms with Crippen molar-refractivity contribution in [3.63, 3.8) is 0 Å². The number of aromatic nitrogens is 2. The Morgan fingerprint density at radius 2 is 2.35 bits per heavy atom. The number of hydrogen-bond donors (Lipinski definition) is 1. The summed E-state index contributed by atoms with van der Waals surface area (Å²) in [6.45, 7) is 6.19. The van der Waals surface area contributed by atoms with Crippen LogP contribution in [0.1, 0.15) is 18.4 Å². The first kappa shape index (κ1) is 12.3. The van der Waals surface area contributed by atoms with Gasteiger partial charge in [0.05, 0.1) is 19.3 Å². The van der Waals surface area contributed by atoms with Crippen LogP contribution in [0.15, 0.2) is 6.07 Å². The van der Waals surface area contributed by atoms with Gasteiger partial charge in [-0.1, -0.05) is 6.92 Å². The molecule has 1 unspecified atom stereocenters. The van der Waals surface area contributed by atoms with Crippen molar-refractivity contribution in [3.8, 4) is 0 Å². The molecule has 94 valence electrons. The highest BCUT2D eigenvalue weighted by Crippen LogP contribution is 2.16. The molecule has 0 spiro atoms. The van der Waals surface area contributed by atoms with Crippen molar-refractivity contribution in [1.82, 2.24) is 9.97 Å². The molecule has 2 heterocycles. The summed E-state index contributed by atoms with van der Waals surface area (Å²) in [5.74, 6) is 1.74. The second-order valence-corrected chi connectivity index (χ2v) is 4.24. The van der Waals surface area contributed by atoms with E-state index in [1.165, 1.54) is 0 Å². The zero-order valence-corrected chi connectivity index (χ0v) is 10.4. The molecule has 0 aromatic carbocycles. The minimum absolute atomic E-state index is 0.0567. The summed E-state index contributed by atoms with van der Waals surface area (Å²) in [7, 11) is 0. The highest BCUT2D eigenvalue weighted by Gasteiger charge is 2.21. The summed E-state index contributed by atoms with van der Waals surface area (Å²) in [6.07, 6.45) is 0.800. The SMILES string of the molecule is CCc1cc(N2CCOC(CO)C2)nc(C)n1. The van der Waals surface area contributed by atoms with E-state index in [9.17, 15) is 0 Å². The van der Waals surface area contributed by atoms with Gasteiger partial charge in [0, 0.05) is 24.8 Å². The van der Waals surface area contributed by atoms with Crippen LogP contribution in [-0.2, 0) is 11.2 Å². The molecule has 1 aliphatic heterocycles. The molecule has 1 saturated heterocycles. The normalized spacial score (nSPS) is 20.6. The van der Waals surface area contributed by atoms with E-state index >= 15 is 0 Å². The van der Waals surface area contributed by atoms with Crippen LogP contribution in [0.3, 0.4) is 0 Å². The molecule has 0 aliphatic carbocycles. The van der Waals surface area contributed by atoms with Gasteiger partial charge >= 0.3 is 0 Å². The fraction of sp³-hybridized carbons (Fsp3) is 0.667. The first-order valence-electron chi connectivity index (χ1n) is 6.05. The van der Waals surface area contributed by atoms with Crippen LogP contribution in [0.25, 0.3) is 0 Å². The average molecular weight is 237 g/mol. The molecule has 0 saturated carbocycles. The summed E-state index contributed by atoms with van der Waals surface area (Å²) >= 11 is 0. The lowest BCUT2D eigenvalue weighted by molar-refractivity contribution is 0.00334. The van der Waals surface area contributed by atoms with E-state index in [1.807, 2.05) is 13.0 Å². The second-order valence-electron chi connectivity index (χ2n) is 4.24. The maximum Gasteiger partial charge on any atom is 0.132 e. The Hall–Kier alpha value is -1.20. The topological polar surface area (TPSA) is 58.5 Å². The van der Waals surface area contributed by atoms with Gasteiger partial charge in [0.15, 0.2) is 0 Å². The third-order valence-corrected chi connectivity index (χ3v) is 2.91. The van der Waals surface area contributed by atoms with Gasteiger partial charge in [-0.3, -0.25) is 0 Å². The van der Waals surface area contributed by atoms with E-state index < -0.39 is 0 Å². The Kier molecular flexibility index (Phi) is 3.91. The molecule has 1 atom stereocenters. The summed E-state index contributed by atoms with van der Waals surface area (Å²) in [5.41, 5.74) is 1.06. The number of morpholine rings is 1. The maximum atomic E-state index is 9.13. The number of aryl methyl sites for hydroxylation is 2. The van der Waals surface area contributed by atoms with Crippen molar-refractivity contribution in [2.45, 2.75) is 26.4 Å². The summed E-state index contributed by atoms with van der Waals surface area (Å²) in [5, 5.41) is 9.13. The largest absolute Gasteiger partial charge is 0.394 e. The molecular weight excluding hydrogens is 218 g/mol. The monoisotopic (exact) mass is 237 g/mol. The number of rotatable bonds is 3. The van der Waals surface area contributed by atoms with Crippen molar-refractivity contribution in [2.75, 3.05) is 31.2 Å². The number of anilines is 1. The Balaban J connectivity index is 2.18. The number of aliphatic hydroxyl groups is 1. The second kappa shape index (κ2) is 5.42. The third-order valence-electron chi connectivity index (χ3n) is 2.91. The molecule has 2 rings (SSSR count). The first-order chi connectivity index (χ1) is 8.22. The van der Waals surface area contributed by atoms with Crippen LogP contribution < -0.4 is 4.90 Å². The molecule has 1 aliphatic rings. The quantitative estimate of drug-likeness (QED) is 0.831. The molecule has 1 aromatic heterocycles. The fourth-order valence-corrected chi connectivity index (χ4v) is 1.99. The van der Waals surface area contributed by atoms with Crippen LogP contribution in [0, 0.1) is 6.92 Å². The highest BCUT2D eigenvalue weighted by molar-refractivity contribution is 5.40. The third kappa shape index (κ3) is 2.92. The Labute approximate surface area is 101 Å². The standard InChI is InChI=1S/C12H19N3O2/c1-3-10-6-12(14-9(2)13-10)15-4-5-17-11(7-15)8-16/h6,11,16H,3-5,7-8H2,1-2H3. The van der Waals surface area contributed by atoms with Crippen molar-refractivity contribution < 1.29 is 9.84 Å². The van der Waals surface area contributed by atoms with Crippen LogP contribution in [0.4, 0.5) is 5.82 Å².